The molecule has 1 unspecified atom stereocenters. The van der Waals surface area contributed by atoms with Crippen LogP contribution < -0.4 is 19.6 Å². The molecule has 2 aromatic heterocycles. The highest BCUT2D eigenvalue weighted by molar-refractivity contribution is 7.98. The molecule has 0 bridgehead atoms. The largest absolute Gasteiger partial charge is 0.493 e. The molecule has 0 aliphatic carbocycles. The second-order valence-corrected chi connectivity index (χ2v) is 14.7. The molecule has 8 nitrogen and oxygen atoms in total. The zero-order valence-corrected chi connectivity index (χ0v) is 31.7. The van der Waals surface area contributed by atoms with Gasteiger partial charge < -0.3 is 9.47 Å². The van der Waals surface area contributed by atoms with E-state index in [1.165, 1.54) is 11.3 Å². The van der Waals surface area contributed by atoms with E-state index >= 15 is 0 Å². The lowest BCUT2D eigenvalue weighted by Gasteiger charge is -2.25. The molecule has 10 heteroatoms. The van der Waals surface area contributed by atoms with Gasteiger partial charge in [0.2, 0.25) is 0 Å². The minimum Gasteiger partial charge on any atom is -0.493 e. The number of aryl methyl sites for hydroxylation is 1. The number of fused-ring (bicyclic) bond motifs is 1. The first kappa shape index (κ1) is 35.9. The molecular formula is C43H40N4O4S2. The zero-order chi connectivity index (χ0) is 36.9. The van der Waals surface area contributed by atoms with E-state index in [1.807, 2.05) is 127 Å². The molecule has 0 amide bonds. The van der Waals surface area contributed by atoms with Crippen molar-refractivity contribution in [3.05, 3.63) is 163 Å². The Hall–Kier alpha value is -5.45. The second-order valence-electron chi connectivity index (χ2n) is 12.8. The molecule has 7 rings (SSSR count). The number of hydrogen-bond donors (Lipinski definition) is 0. The molecule has 0 spiro atoms. The van der Waals surface area contributed by atoms with Gasteiger partial charge in [-0.3, -0.25) is 9.36 Å². The van der Waals surface area contributed by atoms with Crippen LogP contribution in [0.25, 0.3) is 23.0 Å². The molecule has 1 atom stereocenters. The molecular weight excluding hydrogens is 701 g/mol. The SMILES string of the molecule is CCCCOc1ccc(-c2nn(-c3ccccc3)cc2C=c2sc3n(c2=O)C(c2ccc(SC)cc2)C(C(=O)OCc2ccccc2)=C(C)N=3)cc1C. The van der Waals surface area contributed by atoms with E-state index in [2.05, 4.69) is 13.0 Å². The highest BCUT2D eigenvalue weighted by Gasteiger charge is 2.33. The number of benzene rings is 4. The molecule has 4 aromatic carbocycles. The van der Waals surface area contributed by atoms with E-state index in [-0.39, 0.29) is 12.2 Å². The van der Waals surface area contributed by atoms with Gasteiger partial charge in [-0.15, -0.1) is 11.8 Å². The normalized spacial score (nSPS) is 14.2. The Kier molecular flexibility index (Phi) is 10.9. The van der Waals surface area contributed by atoms with Gasteiger partial charge >= 0.3 is 5.97 Å². The Labute approximate surface area is 316 Å². The van der Waals surface area contributed by atoms with E-state index in [4.69, 9.17) is 19.6 Å². The number of nitrogens with zero attached hydrogens (tertiary/aromatic N) is 4. The summed E-state index contributed by atoms with van der Waals surface area (Å²) in [5, 5.41) is 5.02. The summed E-state index contributed by atoms with van der Waals surface area (Å²) in [6.07, 6.45) is 7.89. The van der Waals surface area contributed by atoms with Crippen LogP contribution in [0.15, 0.2) is 135 Å². The fourth-order valence-corrected chi connectivity index (χ4v) is 7.79. The number of esters is 1. The van der Waals surface area contributed by atoms with E-state index in [9.17, 15) is 9.59 Å². The minimum atomic E-state index is -0.720. The Balaban J connectivity index is 1.34. The lowest BCUT2D eigenvalue weighted by atomic mass is 9.96. The number of allylic oxidation sites excluding steroid dienone is 1. The van der Waals surface area contributed by atoms with Gasteiger partial charge in [0.05, 0.1) is 34.1 Å². The number of aromatic nitrogens is 3. The number of thioether (sulfide) groups is 1. The van der Waals surface area contributed by atoms with Crippen LogP contribution >= 0.6 is 23.1 Å². The first-order valence-corrected chi connectivity index (χ1v) is 19.6. The van der Waals surface area contributed by atoms with Gasteiger partial charge in [-0.1, -0.05) is 85.3 Å². The molecule has 0 fully saturated rings. The van der Waals surface area contributed by atoms with Crippen molar-refractivity contribution >= 4 is 35.1 Å². The Bertz CT molecular complexity index is 2470. The number of thiazole rings is 1. The number of ether oxygens (including phenoxy) is 2. The van der Waals surface area contributed by atoms with E-state index in [0.29, 0.717) is 27.2 Å². The van der Waals surface area contributed by atoms with E-state index in [1.54, 1.807) is 23.3 Å². The Morgan fingerprint density at radius 3 is 2.40 bits per heavy atom. The predicted molar refractivity (Wildman–Crippen MR) is 212 cm³/mol. The summed E-state index contributed by atoms with van der Waals surface area (Å²) in [7, 11) is 0. The van der Waals surface area contributed by atoms with Crippen molar-refractivity contribution in [3.63, 3.8) is 0 Å². The van der Waals surface area contributed by atoms with Gasteiger partial charge in [-0.05, 0) is 91.8 Å². The van der Waals surface area contributed by atoms with Crippen LogP contribution in [0.4, 0.5) is 0 Å². The Morgan fingerprint density at radius 1 is 0.962 bits per heavy atom. The van der Waals surface area contributed by atoms with Crippen molar-refractivity contribution in [3.8, 4) is 22.7 Å². The number of carbonyl (C=O) groups excluding carboxylic acids is 1. The van der Waals surface area contributed by atoms with Gasteiger partial charge in [0.25, 0.3) is 5.56 Å². The highest BCUT2D eigenvalue weighted by atomic mass is 32.2. The fourth-order valence-electron chi connectivity index (χ4n) is 6.34. The molecule has 3 heterocycles. The van der Waals surface area contributed by atoms with Crippen LogP contribution in [0.1, 0.15) is 55.0 Å². The van der Waals surface area contributed by atoms with Crippen LogP contribution in [0.2, 0.25) is 0 Å². The third-order valence-corrected chi connectivity index (χ3v) is 10.9. The van der Waals surface area contributed by atoms with Gasteiger partial charge in [0.15, 0.2) is 4.80 Å². The smallest absolute Gasteiger partial charge is 0.338 e. The topological polar surface area (TPSA) is 87.7 Å². The van der Waals surface area contributed by atoms with Crippen molar-refractivity contribution in [2.45, 2.75) is 51.2 Å². The summed E-state index contributed by atoms with van der Waals surface area (Å²) in [6.45, 7) is 6.76. The first-order valence-electron chi connectivity index (χ1n) is 17.6. The standard InChI is InChI=1S/C43H40N4O4S2/c1-5-6-23-50-36-22-19-32(24-28(36)2)39-33(26-46(45-39)34-15-11-8-12-16-34)25-37-41(48)47-40(31-17-20-35(52-4)21-18-31)38(29(3)44-43(47)53-37)42(49)51-27-30-13-9-7-10-14-30/h7-22,24-26,40H,5-6,23,27H2,1-4H3. The van der Waals surface area contributed by atoms with Gasteiger partial charge in [0.1, 0.15) is 18.1 Å². The lowest BCUT2D eigenvalue weighted by molar-refractivity contribution is -0.140. The van der Waals surface area contributed by atoms with Crippen LogP contribution in [-0.2, 0) is 16.1 Å². The van der Waals surface area contributed by atoms with Crippen molar-refractivity contribution in [2.75, 3.05) is 12.9 Å². The summed E-state index contributed by atoms with van der Waals surface area (Å²) in [4.78, 5) is 34.9. The number of unbranched alkanes of at least 4 members (excludes halogenated alkanes) is 1. The molecule has 0 saturated heterocycles. The van der Waals surface area contributed by atoms with Crippen molar-refractivity contribution in [1.82, 2.24) is 14.3 Å². The number of rotatable bonds is 12. The molecule has 0 radical (unpaired) electrons. The van der Waals surface area contributed by atoms with Crippen LogP contribution in [-0.4, -0.2) is 33.2 Å². The maximum atomic E-state index is 14.6. The molecule has 0 N–H and O–H groups in total. The van der Waals surface area contributed by atoms with Crippen LogP contribution in [0, 0.1) is 6.92 Å². The number of para-hydroxylation sites is 1. The summed E-state index contributed by atoms with van der Waals surface area (Å²) in [5.41, 5.74) is 6.60. The van der Waals surface area contributed by atoms with Crippen LogP contribution in [0.3, 0.4) is 0 Å². The molecule has 53 heavy (non-hydrogen) atoms. The molecule has 6 aromatic rings. The predicted octanol–water partition coefficient (Wildman–Crippen LogP) is 8.04. The highest BCUT2D eigenvalue weighted by Crippen LogP contribution is 2.33. The molecule has 1 aliphatic rings. The van der Waals surface area contributed by atoms with Crippen molar-refractivity contribution < 1.29 is 14.3 Å². The number of hydrogen-bond acceptors (Lipinski definition) is 8. The maximum Gasteiger partial charge on any atom is 0.338 e. The summed E-state index contributed by atoms with van der Waals surface area (Å²) >= 11 is 2.93. The van der Waals surface area contributed by atoms with Crippen LogP contribution in [0.5, 0.6) is 5.75 Å². The first-order chi connectivity index (χ1) is 25.8. The quantitative estimate of drug-likeness (QED) is 0.0718. The van der Waals surface area contributed by atoms with Crippen molar-refractivity contribution in [2.24, 2.45) is 4.99 Å². The lowest BCUT2D eigenvalue weighted by Crippen LogP contribution is -2.39. The molecule has 1 aliphatic heterocycles. The summed E-state index contributed by atoms with van der Waals surface area (Å²) in [6, 6.07) is 32.8. The average molecular weight is 741 g/mol. The average Bonchev–Trinajstić information content (AvgIpc) is 3.75. The van der Waals surface area contributed by atoms with Gasteiger partial charge in [-0.2, -0.15) is 5.10 Å². The second kappa shape index (κ2) is 16.1. The Morgan fingerprint density at radius 2 is 1.70 bits per heavy atom. The third kappa shape index (κ3) is 7.70. The maximum absolute atomic E-state index is 14.6. The minimum absolute atomic E-state index is 0.110. The fraction of sp³-hybridized carbons (Fsp3) is 0.209. The summed E-state index contributed by atoms with van der Waals surface area (Å²) < 4.78 is 15.8. The zero-order valence-electron chi connectivity index (χ0n) is 30.1. The monoisotopic (exact) mass is 740 g/mol. The van der Waals surface area contributed by atoms with E-state index in [0.717, 1.165) is 62.7 Å². The molecule has 0 saturated carbocycles. The molecule has 268 valence electrons. The number of carbonyl (C=O) groups is 1. The van der Waals surface area contributed by atoms with Gasteiger partial charge in [-0.25, -0.2) is 14.5 Å². The van der Waals surface area contributed by atoms with Gasteiger partial charge in [0, 0.05) is 22.2 Å². The van der Waals surface area contributed by atoms with E-state index < -0.39 is 12.0 Å². The summed E-state index contributed by atoms with van der Waals surface area (Å²) in [5.74, 6) is 0.339. The van der Waals surface area contributed by atoms with Crippen molar-refractivity contribution in [1.29, 1.82) is 0 Å². The third-order valence-electron chi connectivity index (χ3n) is 9.14.